The fraction of sp³-hybridized carbons (Fsp3) is 0.185. The minimum absolute atomic E-state index is 0.0393. The van der Waals surface area contributed by atoms with Crippen LogP contribution in [0.25, 0.3) is 22.6 Å². The number of hydrogen-bond acceptors (Lipinski definition) is 10. The van der Waals surface area contributed by atoms with Crippen LogP contribution < -0.4 is 10.5 Å². The van der Waals surface area contributed by atoms with Crippen molar-refractivity contribution in [2.45, 2.75) is 17.7 Å². The number of aryl methyl sites for hydroxylation is 1. The first-order chi connectivity index (χ1) is 18.4. The van der Waals surface area contributed by atoms with E-state index in [4.69, 9.17) is 25.1 Å². The molecule has 11 heteroatoms. The molecule has 194 valence electrons. The lowest BCUT2D eigenvalue weighted by atomic mass is 9.97. The molecule has 2 aromatic carbocycles. The third-order valence-electron chi connectivity index (χ3n) is 5.21. The van der Waals surface area contributed by atoms with Crippen LogP contribution in [0.3, 0.4) is 0 Å². The Morgan fingerprint density at radius 3 is 2.26 bits per heavy atom. The van der Waals surface area contributed by atoms with E-state index >= 15 is 0 Å². The molecule has 0 saturated carbocycles. The Morgan fingerprint density at radius 2 is 1.68 bits per heavy atom. The number of pyridine rings is 1. The molecular weight excluding hydrogens is 509 g/mol. The molecule has 2 aromatic heterocycles. The Labute approximate surface area is 223 Å². The molecule has 0 fully saturated rings. The molecule has 9 nitrogen and oxygen atoms in total. The number of nitrogens with two attached hydrogens (primary N) is 1. The number of aliphatic hydroxyl groups is 2. The quantitative estimate of drug-likeness (QED) is 0.289. The van der Waals surface area contributed by atoms with E-state index < -0.39 is 0 Å². The maximum absolute atomic E-state index is 13.6. The van der Waals surface area contributed by atoms with Gasteiger partial charge in [0, 0.05) is 16.9 Å². The topological polar surface area (TPSA) is 162 Å². The molecule has 0 spiro atoms. The molecule has 0 radical (unpaired) electrons. The Bertz CT molecular complexity index is 1490. The van der Waals surface area contributed by atoms with Crippen molar-refractivity contribution in [3.05, 3.63) is 76.9 Å². The average molecular weight is 534 g/mol. The summed E-state index contributed by atoms with van der Waals surface area (Å²) in [6.45, 7) is 1.42. The highest BCUT2D eigenvalue weighted by Gasteiger charge is 2.21. The van der Waals surface area contributed by atoms with Crippen LogP contribution in [0.2, 0.25) is 0 Å². The van der Waals surface area contributed by atoms with Crippen molar-refractivity contribution >= 4 is 17.6 Å². The van der Waals surface area contributed by atoms with Crippen LogP contribution in [0.15, 0.2) is 58.2 Å². The number of ether oxygens (including phenoxy) is 1. The van der Waals surface area contributed by atoms with Crippen LogP contribution in [-0.4, -0.2) is 40.5 Å². The molecule has 0 atom stereocenters. The number of methoxy groups -OCH3 is 1. The van der Waals surface area contributed by atoms with Crippen molar-refractivity contribution in [3.63, 3.8) is 0 Å². The fourth-order valence-corrected chi connectivity index (χ4v) is 4.25. The number of nitrogen functional groups attached to an aromatic ring is 1. The molecule has 2 heterocycles. The second-order valence-electron chi connectivity index (χ2n) is 7.72. The van der Waals surface area contributed by atoms with E-state index in [-0.39, 0.29) is 36.0 Å². The highest BCUT2D eigenvalue weighted by molar-refractivity contribution is 7.98. The van der Waals surface area contributed by atoms with Crippen molar-refractivity contribution in [2.24, 2.45) is 0 Å². The van der Waals surface area contributed by atoms with Gasteiger partial charge in [0.1, 0.15) is 46.4 Å². The van der Waals surface area contributed by atoms with Crippen molar-refractivity contribution < 1.29 is 23.8 Å². The Balaban J connectivity index is 0.000000934. The highest BCUT2D eigenvalue weighted by Crippen LogP contribution is 2.37. The summed E-state index contributed by atoms with van der Waals surface area (Å²) < 4.78 is 24.3. The second-order valence-corrected chi connectivity index (χ2v) is 8.69. The van der Waals surface area contributed by atoms with E-state index in [1.807, 2.05) is 0 Å². The van der Waals surface area contributed by atoms with E-state index in [1.54, 1.807) is 50.4 Å². The van der Waals surface area contributed by atoms with E-state index in [9.17, 15) is 14.9 Å². The fourth-order valence-electron chi connectivity index (χ4n) is 3.37. The van der Waals surface area contributed by atoms with Gasteiger partial charge in [0.2, 0.25) is 5.89 Å². The first-order valence-electron chi connectivity index (χ1n) is 11.2. The zero-order valence-corrected chi connectivity index (χ0v) is 21.4. The Hall–Kier alpha value is -4.42. The molecule has 0 aliphatic carbocycles. The number of oxazole rings is 1. The monoisotopic (exact) mass is 533 g/mol. The van der Waals surface area contributed by atoms with E-state index in [0.717, 1.165) is 0 Å². The lowest BCUT2D eigenvalue weighted by Gasteiger charge is -2.13. The third kappa shape index (κ3) is 6.47. The molecule has 0 unspecified atom stereocenters. The van der Waals surface area contributed by atoms with Crippen molar-refractivity contribution in [1.82, 2.24) is 9.97 Å². The van der Waals surface area contributed by atoms with E-state index in [1.165, 1.54) is 24.1 Å². The van der Waals surface area contributed by atoms with Crippen LogP contribution >= 0.6 is 11.8 Å². The van der Waals surface area contributed by atoms with Gasteiger partial charge in [-0.05, 0) is 48.4 Å². The van der Waals surface area contributed by atoms with Crippen molar-refractivity contribution in [3.8, 4) is 40.5 Å². The predicted molar refractivity (Wildman–Crippen MR) is 140 cm³/mol. The number of anilines is 1. The average Bonchev–Trinajstić information content (AvgIpc) is 3.42. The summed E-state index contributed by atoms with van der Waals surface area (Å²) in [6.07, 6.45) is 1.50. The van der Waals surface area contributed by atoms with Gasteiger partial charge in [-0.3, -0.25) is 0 Å². The molecule has 0 saturated heterocycles. The van der Waals surface area contributed by atoms with Gasteiger partial charge in [0.05, 0.1) is 31.6 Å². The summed E-state index contributed by atoms with van der Waals surface area (Å²) in [7, 11) is 1.56. The van der Waals surface area contributed by atoms with Crippen LogP contribution in [0.1, 0.15) is 22.4 Å². The SMILES string of the molecule is COc1ccc(-c2c(C#N)c(N)nc(SCc3coc(-c4ccc(F)c(C)c4)n3)c2C#N)cc1.OCCO. The minimum Gasteiger partial charge on any atom is -0.497 e. The summed E-state index contributed by atoms with van der Waals surface area (Å²) in [4.78, 5) is 8.77. The molecule has 0 bridgehead atoms. The molecule has 4 aromatic rings. The number of hydrogen-bond donors (Lipinski definition) is 3. The van der Waals surface area contributed by atoms with E-state index in [0.29, 0.717) is 50.4 Å². The van der Waals surface area contributed by atoms with Gasteiger partial charge >= 0.3 is 0 Å². The van der Waals surface area contributed by atoms with Gasteiger partial charge in [0.25, 0.3) is 0 Å². The third-order valence-corrected chi connectivity index (χ3v) is 6.22. The Morgan fingerprint density at radius 1 is 1.03 bits per heavy atom. The van der Waals surface area contributed by atoms with Crippen LogP contribution in [0.4, 0.5) is 10.2 Å². The number of thioether (sulfide) groups is 1. The van der Waals surface area contributed by atoms with Gasteiger partial charge < -0.3 is 25.1 Å². The van der Waals surface area contributed by atoms with Gasteiger partial charge in [-0.15, -0.1) is 0 Å². The molecular formula is C27H24FN5O4S. The number of nitriles is 2. The molecule has 0 amide bonds. The lowest BCUT2D eigenvalue weighted by Crippen LogP contribution is -2.03. The predicted octanol–water partition coefficient (Wildman–Crippen LogP) is 4.45. The molecule has 0 aliphatic rings. The number of rotatable bonds is 7. The maximum Gasteiger partial charge on any atom is 0.226 e. The first-order valence-corrected chi connectivity index (χ1v) is 12.2. The van der Waals surface area contributed by atoms with Gasteiger partial charge in [-0.1, -0.05) is 23.9 Å². The van der Waals surface area contributed by atoms with Crippen LogP contribution in [0, 0.1) is 35.4 Å². The molecule has 0 aliphatic heterocycles. The number of aliphatic hydroxyl groups excluding tert-OH is 2. The molecule has 4 rings (SSSR count). The van der Waals surface area contributed by atoms with Gasteiger partial charge in [0.15, 0.2) is 0 Å². The summed E-state index contributed by atoms with van der Waals surface area (Å²) >= 11 is 1.26. The van der Waals surface area contributed by atoms with Crippen molar-refractivity contribution in [1.29, 1.82) is 10.5 Å². The van der Waals surface area contributed by atoms with Crippen molar-refractivity contribution in [2.75, 3.05) is 26.1 Å². The largest absolute Gasteiger partial charge is 0.497 e. The molecule has 4 N–H and O–H groups in total. The lowest BCUT2D eigenvalue weighted by molar-refractivity contribution is 0.186. The smallest absolute Gasteiger partial charge is 0.226 e. The highest BCUT2D eigenvalue weighted by atomic mass is 32.2. The second kappa shape index (κ2) is 13.2. The first kappa shape index (κ1) is 28.2. The summed E-state index contributed by atoms with van der Waals surface area (Å²) in [5.41, 5.74) is 9.31. The summed E-state index contributed by atoms with van der Waals surface area (Å²) in [5.74, 6) is 1.10. The van der Waals surface area contributed by atoms with Crippen LogP contribution in [0.5, 0.6) is 5.75 Å². The zero-order chi connectivity index (χ0) is 27.7. The number of halogens is 1. The Kier molecular flexibility index (Phi) is 9.79. The number of benzene rings is 2. The van der Waals surface area contributed by atoms with Gasteiger partial charge in [-0.25, -0.2) is 14.4 Å². The standard InChI is InChI=1S/C25H18FN5O2S.C2H6O2/c1-14-9-16(5-8-21(14)26)24-30-17(12-33-24)13-34-25-20(11-28)22(19(10-27)23(29)31-25)15-3-6-18(32-2)7-4-15;3-1-2-4/h3-9,12H,13H2,1-2H3,(H2,29,31);3-4H,1-2H2. The summed E-state index contributed by atoms with van der Waals surface area (Å²) in [5, 5.41) is 35.2. The summed E-state index contributed by atoms with van der Waals surface area (Å²) in [6, 6.07) is 15.9. The maximum atomic E-state index is 13.6. The zero-order valence-electron chi connectivity index (χ0n) is 20.6. The molecule has 38 heavy (non-hydrogen) atoms. The van der Waals surface area contributed by atoms with E-state index in [2.05, 4.69) is 22.1 Å². The normalized spacial score (nSPS) is 10.2. The number of aromatic nitrogens is 2. The number of nitrogens with zero attached hydrogens (tertiary/aromatic N) is 4. The van der Waals surface area contributed by atoms with Crippen LogP contribution in [-0.2, 0) is 5.75 Å². The van der Waals surface area contributed by atoms with Gasteiger partial charge in [-0.2, -0.15) is 10.5 Å². The minimum atomic E-state index is -0.299.